The molecule has 0 aliphatic carbocycles. The van der Waals surface area contributed by atoms with Crippen LogP contribution in [0, 0.1) is 0 Å². The molecule has 3 atom stereocenters. The van der Waals surface area contributed by atoms with Gasteiger partial charge in [0.15, 0.2) is 0 Å². The average molecular weight is 249 g/mol. The van der Waals surface area contributed by atoms with E-state index in [0.29, 0.717) is 18.5 Å². The number of aliphatic imine (C=N–C) groups is 2. The highest BCUT2D eigenvalue weighted by atomic mass is 16.1. The summed E-state index contributed by atoms with van der Waals surface area (Å²) in [6.45, 7) is 2.86. The summed E-state index contributed by atoms with van der Waals surface area (Å²) < 4.78 is 0. The molecule has 18 heavy (non-hydrogen) atoms. The van der Waals surface area contributed by atoms with Crippen molar-refractivity contribution in [2.75, 3.05) is 26.7 Å². The molecule has 0 spiro atoms. The van der Waals surface area contributed by atoms with Crippen molar-refractivity contribution in [3.8, 4) is 0 Å². The third-order valence-corrected chi connectivity index (χ3v) is 4.07. The minimum atomic E-state index is -0.124. The Hall–Kier alpha value is -1.43. The molecule has 1 saturated heterocycles. The molecule has 6 heteroatoms. The van der Waals surface area contributed by atoms with E-state index < -0.39 is 0 Å². The Morgan fingerprint density at radius 3 is 3.11 bits per heavy atom. The fraction of sp³-hybridized carbons (Fsp3) is 0.750. The van der Waals surface area contributed by atoms with Crippen molar-refractivity contribution in [2.45, 2.75) is 31.1 Å². The zero-order valence-corrected chi connectivity index (χ0v) is 10.6. The molecule has 1 N–H and O–H groups in total. The number of amidine groups is 1. The third-order valence-electron chi connectivity index (χ3n) is 4.07. The van der Waals surface area contributed by atoms with Crippen LogP contribution in [0.2, 0.25) is 0 Å². The molecule has 6 nitrogen and oxygen atoms in total. The van der Waals surface area contributed by atoms with Crippen LogP contribution in [-0.2, 0) is 4.79 Å². The van der Waals surface area contributed by atoms with E-state index in [4.69, 9.17) is 4.99 Å². The van der Waals surface area contributed by atoms with Gasteiger partial charge in [-0.25, -0.2) is 0 Å². The Labute approximate surface area is 107 Å². The van der Waals surface area contributed by atoms with Gasteiger partial charge in [0.25, 0.3) is 0 Å². The van der Waals surface area contributed by atoms with Gasteiger partial charge in [0.2, 0.25) is 6.41 Å². The summed E-state index contributed by atoms with van der Waals surface area (Å²) in [4.78, 5) is 24.1. The largest absolute Gasteiger partial charge is 0.349 e. The second-order valence-corrected chi connectivity index (χ2v) is 5.23. The van der Waals surface area contributed by atoms with E-state index in [-0.39, 0.29) is 6.17 Å². The summed E-state index contributed by atoms with van der Waals surface area (Å²) in [5.74, 6) is 0.976. The van der Waals surface area contributed by atoms with Crippen LogP contribution in [0.4, 0.5) is 0 Å². The lowest BCUT2D eigenvalue weighted by Crippen LogP contribution is -2.47. The summed E-state index contributed by atoms with van der Waals surface area (Å²) in [5.41, 5.74) is 0. The number of nitrogens with zero attached hydrogens (tertiary/aromatic N) is 4. The number of hydrogen-bond donors (Lipinski definition) is 1. The van der Waals surface area contributed by atoms with E-state index in [2.05, 4.69) is 27.2 Å². The van der Waals surface area contributed by atoms with Gasteiger partial charge in [-0.05, 0) is 26.4 Å². The topological polar surface area (TPSA) is 60.3 Å². The first kappa shape index (κ1) is 11.6. The maximum absolute atomic E-state index is 10.4. The molecular formula is C12H19N5O. The van der Waals surface area contributed by atoms with E-state index in [0.717, 1.165) is 18.9 Å². The van der Waals surface area contributed by atoms with Gasteiger partial charge in [0.05, 0.1) is 18.8 Å². The van der Waals surface area contributed by atoms with Crippen molar-refractivity contribution in [3.05, 3.63) is 0 Å². The first-order valence-corrected chi connectivity index (χ1v) is 6.54. The van der Waals surface area contributed by atoms with Crippen LogP contribution in [-0.4, -0.2) is 73.2 Å². The van der Waals surface area contributed by atoms with Crippen LogP contribution in [0.5, 0.6) is 0 Å². The van der Waals surface area contributed by atoms with Gasteiger partial charge in [-0.1, -0.05) is 0 Å². The fourth-order valence-electron chi connectivity index (χ4n) is 3.11. The molecule has 0 aromatic carbocycles. The van der Waals surface area contributed by atoms with Crippen molar-refractivity contribution < 1.29 is 4.79 Å². The van der Waals surface area contributed by atoms with Gasteiger partial charge in [-0.2, -0.15) is 0 Å². The van der Waals surface area contributed by atoms with E-state index in [1.165, 1.54) is 19.4 Å². The van der Waals surface area contributed by atoms with Gasteiger partial charge in [-0.15, -0.1) is 0 Å². The molecule has 0 aromatic heterocycles. The quantitative estimate of drug-likeness (QED) is 0.674. The highest BCUT2D eigenvalue weighted by Crippen LogP contribution is 2.24. The minimum absolute atomic E-state index is 0.124. The third kappa shape index (κ3) is 2.01. The lowest BCUT2D eigenvalue weighted by atomic mass is 10.1. The molecule has 0 bridgehead atoms. The first-order valence-electron chi connectivity index (χ1n) is 6.54. The second kappa shape index (κ2) is 4.68. The number of likely N-dealkylation sites (N-methyl/N-ethyl adjacent to an activating group) is 1. The lowest BCUT2D eigenvalue weighted by molar-refractivity contribution is -0.110. The van der Waals surface area contributed by atoms with Gasteiger partial charge in [0, 0.05) is 12.6 Å². The summed E-state index contributed by atoms with van der Waals surface area (Å²) >= 11 is 0. The van der Waals surface area contributed by atoms with E-state index in [1.54, 1.807) is 6.21 Å². The Kier molecular flexibility index (Phi) is 3.03. The van der Waals surface area contributed by atoms with Crippen LogP contribution in [0.15, 0.2) is 9.98 Å². The fourth-order valence-corrected chi connectivity index (χ4v) is 3.11. The number of amides is 1. The number of likely N-dealkylation sites (tertiary alicyclic amines) is 1. The van der Waals surface area contributed by atoms with Crippen molar-refractivity contribution in [1.29, 1.82) is 0 Å². The minimum Gasteiger partial charge on any atom is -0.349 e. The van der Waals surface area contributed by atoms with Gasteiger partial charge >= 0.3 is 0 Å². The van der Waals surface area contributed by atoms with Crippen molar-refractivity contribution in [3.63, 3.8) is 0 Å². The number of carbonyl (C=O) groups is 1. The highest BCUT2D eigenvalue weighted by Gasteiger charge is 2.36. The predicted octanol–water partition coefficient (Wildman–Crippen LogP) is -0.680. The van der Waals surface area contributed by atoms with Crippen LogP contribution in [0.1, 0.15) is 12.8 Å². The Bertz CT molecular complexity index is 394. The van der Waals surface area contributed by atoms with E-state index in [1.807, 2.05) is 0 Å². The number of fused-ring (bicyclic) bond motifs is 1. The number of carbonyl (C=O) groups excluding carboxylic acids is 1. The Morgan fingerprint density at radius 1 is 1.50 bits per heavy atom. The summed E-state index contributed by atoms with van der Waals surface area (Å²) in [6, 6.07) is 0.919. The summed E-state index contributed by atoms with van der Waals surface area (Å²) in [7, 11) is 2.18. The molecule has 3 aliphatic heterocycles. The molecule has 3 heterocycles. The van der Waals surface area contributed by atoms with Crippen LogP contribution < -0.4 is 5.32 Å². The molecule has 0 saturated carbocycles. The van der Waals surface area contributed by atoms with Crippen LogP contribution in [0.3, 0.4) is 0 Å². The zero-order valence-electron chi connectivity index (χ0n) is 10.6. The average Bonchev–Trinajstić information content (AvgIpc) is 2.94. The monoisotopic (exact) mass is 249 g/mol. The molecule has 1 amide bonds. The van der Waals surface area contributed by atoms with E-state index >= 15 is 0 Å². The number of nitrogens with one attached hydrogen (secondary N) is 1. The molecule has 3 rings (SSSR count). The number of hydrogen-bond acceptors (Lipinski definition) is 5. The molecule has 0 aromatic rings. The van der Waals surface area contributed by atoms with Crippen molar-refractivity contribution >= 4 is 18.5 Å². The molecular weight excluding hydrogens is 230 g/mol. The molecule has 98 valence electrons. The molecule has 1 fully saturated rings. The lowest BCUT2D eigenvalue weighted by Gasteiger charge is -2.28. The standard InChI is InChI=1S/C12H19N5O/c1-16-4-2-3-10(16)9-6-17-7-11(14-8-18)13-5-12(17)15-9/h5,8-11H,2-4,6-7H2,1H3,(H,14,18). The van der Waals surface area contributed by atoms with Gasteiger partial charge < -0.3 is 15.1 Å². The van der Waals surface area contributed by atoms with Gasteiger partial charge in [0.1, 0.15) is 12.0 Å². The second-order valence-electron chi connectivity index (χ2n) is 5.23. The summed E-state index contributed by atoms with van der Waals surface area (Å²) in [6.07, 6.45) is 4.88. The SMILES string of the molecule is CN1CCCC1C1CN2CC(NC=O)N=CC2=N1. The number of rotatable bonds is 3. The predicted molar refractivity (Wildman–Crippen MR) is 69.9 cm³/mol. The smallest absolute Gasteiger partial charge is 0.208 e. The Balaban J connectivity index is 1.67. The van der Waals surface area contributed by atoms with Crippen LogP contribution in [0.25, 0.3) is 0 Å². The first-order chi connectivity index (χ1) is 8.78. The maximum atomic E-state index is 10.4. The zero-order chi connectivity index (χ0) is 12.5. The summed E-state index contributed by atoms with van der Waals surface area (Å²) in [5, 5.41) is 2.70. The maximum Gasteiger partial charge on any atom is 0.208 e. The normalized spacial score (nSPS) is 35.5. The van der Waals surface area contributed by atoms with Crippen LogP contribution >= 0.6 is 0 Å². The van der Waals surface area contributed by atoms with E-state index in [9.17, 15) is 4.79 Å². The van der Waals surface area contributed by atoms with Gasteiger partial charge in [-0.3, -0.25) is 14.8 Å². The molecule has 0 radical (unpaired) electrons. The highest BCUT2D eigenvalue weighted by molar-refractivity contribution is 6.30. The van der Waals surface area contributed by atoms with Crippen molar-refractivity contribution in [1.82, 2.24) is 15.1 Å². The molecule has 3 aliphatic rings. The Morgan fingerprint density at radius 2 is 2.39 bits per heavy atom. The molecule has 3 unspecified atom stereocenters. The van der Waals surface area contributed by atoms with Crippen molar-refractivity contribution in [2.24, 2.45) is 9.98 Å².